The monoisotopic (exact) mass is 402 g/mol. The summed E-state index contributed by atoms with van der Waals surface area (Å²) in [5.41, 5.74) is 2.14. The Kier molecular flexibility index (Phi) is 6.68. The van der Waals surface area contributed by atoms with E-state index in [1.54, 1.807) is 20.2 Å². The second-order valence-corrected chi connectivity index (χ2v) is 8.04. The average molecular weight is 402 g/mol. The molecular formula is C20H30N6O3. The van der Waals surface area contributed by atoms with Crippen molar-refractivity contribution in [2.24, 2.45) is 13.0 Å². The minimum atomic E-state index is -0.268. The molecule has 29 heavy (non-hydrogen) atoms. The number of amides is 2. The summed E-state index contributed by atoms with van der Waals surface area (Å²) < 4.78 is 6.58. The largest absolute Gasteiger partial charge is 0.378 e. The molecule has 2 amide bonds. The number of anilines is 1. The summed E-state index contributed by atoms with van der Waals surface area (Å²) in [6, 6.07) is 3.75. The highest BCUT2D eigenvalue weighted by Crippen LogP contribution is 2.39. The lowest BCUT2D eigenvalue weighted by Gasteiger charge is -2.12. The smallest absolute Gasteiger partial charge is 0.275 e. The van der Waals surface area contributed by atoms with Gasteiger partial charge >= 0.3 is 0 Å². The van der Waals surface area contributed by atoms with Gasteiger partial charge in [-0.05, 0) is 45.1 Å². The van der Waals surface area contributed by atoms with Crippen LogP contribution in [0.25, 0.3) is 0 Å². The molecule has 1 fully saturated rings. The highest BCUT2D eigenvalue weighted by molar-refractivity contribution is 6.02. The first-order chi connectivity index (χ1) is 13.9. The molecule has 0 radical (unpaired) electrons. The van der Waals surface area contributed by atoms with E-state index in [0.717, 1.165) is 25.0 Å². The van der Waals surface area contributed by atoms with Crippen LogP contribution < -0.4 is 10.6 Å². The van der Waals surface area contributed by atoms with Gasteiger partial charge in [-0.1, -0.05) is 0 Å². The predicted octanol–water partition coefficient (Wildman–Crippen LogP) is 2.34. The summed E-state index contributed by atoms with van der Waals surface area (Å²) in [5.74, 6) is 1.05. The molecule has 158 valence electrons. The molecule has 1 aliphatic carbocycles. The summed E-state index contributed by atoms with van der Waals surface area (Å²) in [6.07, 6.45) is 3.55. The van der Waals surface area contributed by atoms with E-state index in [4.69, 9.17) is 4.74 Å². The Bertz CT molecular complexity index is 856. The molecule has 9 heteroatoms. The third-order valence-electron chi connectivity index (χ3n) is 5.20. The van der Waals surface area contributed by atoms with Crippen molar-refractivity contribution in [1.29, 1.82) is 0 Å². The van der Waals surface area contributed by atoms with Crippen LogP contribution in [-0.4, -0.2) is 44.9 Å². The van der Waals surface area contributed by atoms with Gasteiger partial charge in [0.2, 0.25) is 5.91 Å². The third kappa shape index (κ3) is 5.44. The zero-order valence-electron chi connectivity index (χ0n) is 17.5. The topological polar surface area (TPSA) is 114 Å². The second-order valence-electron chi connectivity index (χ2n) is 8.04. The normalized spacial score (nSPS) is 18.9. The minimum absolute atomic E-state index is 0.118. The van der Waals surface area contributed by atoms with Crippen molar-refractivity contribution in [2.75, 3.05) is 12.4 Å². The van der Waals surface area contributed by atoms with E-state index in [9.17, 15) is 9.59 Å². The first kappa shape index (κ1) is 21.0. The van der Waals surface area contributed by atoms with Gasteiger partial charge < -0.3 is 15.4 Å². The van der Waals surface area contributed by atoms with Crippen molar-refractivity contribution in [3.05, 3.63) is 29.2 Å². The van der Waals surface area contributed by atoms with Crippen LogP contribution in [0.3, 0.4) is 0 Å². The first-order valence-corrected chi connectivity index (χ1v) is 10.0. The van der Waals surface area contributed by atoms with Gasteiger partial charge in [0.1, 0.15) is 5.69 Å². The maximum atomic E-state index is 12.5. The zero-order chi connectivity index (χ0) is 21.0. The standard InChI is InChI=1S/C20H30N6O3/c1-12(2)21-19(27)8-13-5-6-14(7-13)16-10-18(24-23-16)22-20(28)17-9-15(11-29-4)25-26(17)3/h9-10,12-14H,5-8,11H2,1-4H3,(H,21,27)(H2,22,23,24,28)/t13-,14+/m1/s1. The van der Waals surface area contributed by atoms with Crippen molar-refractivity contribution >= 4 is 17.6 Å². The fourth-order valence-corrected chi connectivity index (χ4v) is 3.93. The summed E-state index contributed by atoms with van der Waals surface area (Å²) in [4.78, 5) is 24.5. The molecule has 1 aliphatic rings. The molecule has 3 rings (SSSR count). The number of ether oxygens (including phenoxy) is 1. The summed E-state index contributed by atoms with van der Waals surface area (Å²) >= 11 is 0. The number of H-pyrrole nitrogens is 1. The maximum Gasteiger partial charge on any atom is 0.275 e. The number of methoxy groups -OCH3 is 1. The number of hydrogen-bond acceptors (Lipinski definition) is 5. The Morgan fingerprint density at radius 2 is 2.14 bits per heavy atom. The van der Waals surface area contributed by atoms with Crippen LogP contribution >= 0.6 is 0 Å². The van der Waals surface area contributed by atoms with E-state index in [0.29, 0.717) is 42.1 Å². The van der Waals surface area contributed by atoms with Crippen LogP contribution in [0.2, 0.25) is 0 Å². The molecule has 0 saturated heterocycles. The maximum absolute atomic E-state index is 12.5. The van der Waals surface area contributed by atoms with Crippen molar-refractivity contribution in [2.45, 2.75) is 58.1 Å². The van der Waals surface area contributed by atoms with Gasteiger partial charge in [-0.15, -0.1) is 0 Å². The SMILES string of the molecule is COCc1cc(C(=O)Nc2cc([C@H]3CC[C@@H](CC(=O)NC(C)C)C3)[nH]n2)n(C)n1. The van der Waals surface area contributed by atoms with Gasteiger partial charge in [0.15, 0.2) is 5.82 Å². The lowest BCUT2D eigenvalue weighted by Crippen LogP contribution is -2.31. The molecule has 2 aromatic rings. The summed E-state index contributed by atoms with van der Waals surface area (Å²) in [5, 5.41) is 17.3. The van der Waals surface area contributed by atoms with E-state index in [2.05, 4.69) is 25.9 Å². The lowest BCUT2D eigenvalue weighted by atomic mass is 9.99. The molecule has 0 spiro atoms. The molecular weight excluding hydrogens is 372 g/mol. The number of hydrogen-bond donors (Lipinski definition) is 3. The van der Waals surface area contributed by atoms with E-state index in [1.165, 1.54) is 4.68 Å². The number of aromatic amines is 1. The quantitative estimate of drug-likeness (QED) is 0.627. The number of aryl methyl sites for hydroxylation is 1. The van der Waals surface area contributed by atoms with Gasteiger partial charge in [-0.3, -0.25) is 19.4 Å². The van der Waals surface area contributed by atoms with Gasteiger partial charge in [0.25, 0.3) is 5.91 Å². The number of carbonyl (C=O) groups is 2. The zero-order valence-corrected chi connectivity index (χ0v) is 17.5. The molecule has 9 nitrogen and oxygen atoms in total. The number of carbonyl (C=O) groups excluding carboxylic acids is 2. The number of rotatable bonds is 8. The Balaban J connectivity index is 1.56. The second kappa shape index (κ2) is 9.21. The Morgan fingerprint density at radius 3 is 2.86 bits per heavy atom. The molecule has 0 bridgehead atoms. The van der Waals surface area contributed by atoms with Gasteiger partial charge in [0.05, 0.1) is 12.3 Å². The average Bonchev–Trinajstić information content (AvgIpc) is 3.35. The van der Waals surface area contributed by atoms with Gasteiger partial charge in [-0.2, -0.15) is 10.2 Å². The number of nitrogens with zero attached hydrogens (tertiary/aromatic N) is 3. The van der Waals surface area contributed by atoms with Crippen molar-refractivity contribution < 1.29 is 14.3 Å². The van der Waals surface area contributed by atoms with Crippen LogP contribution in [0.1, 0.15) is 67.3 Å². The molecule has 2 atom stereocenters. The van der Waals surface area contributed by atoms with E-state index in [-0.39, 0.29) is 17.9 Å². The molecule has 0 aromatic carbocycles. The van der Waals surface area contributed by atoms with Gasteiger partial charge in [-0.25, -0.2) is 0 Å². The Hall–Kier alpha value is -2.68. The van der Waals surface area contributed by atoms with Crippen molar-refractivity contribution in [3.8, 4) is 0 Å². The van der Waals surface area contributed by atoms with Gasteiger partial charge in [0, 0.05) is 44.3 Å². The molecule has 2 aromatic heterocycles. The van der Waals surface area contributed by atoms with E-state index < -0.39 is 0 Å². The molecule has 0 unspecified atom stereocenters. The van der Waals surface area contributed by atoms with Crippen LogP contribution in [0, 0.1) is 5.92 Å². The van der Waals surface area contributed by atoms with E-state index >= 15 is 0 Å². The molecule has 0 aliphatic heterocycles. The first-order valence-electron chi connectivity index (χ1n) is 10.0. The summed E-state index contributed by atoms with van der Waals surface area (Å²) in [7, 11) is 3.31. The van der Waals surface area contributed by atoms with Crippen molar-refractivity contribution in [3.63, 3.8) is 0 Å². The highest BCUT2D eigenvalue weighted by Gasteiger charge is 2.29. The molecule has 2 heterocycles. The fraction of sp³-hybridized carbons (Fsp3) is 0.600. The molecule has 1 saturated carbocycles. The predicted molar refractivity (Wildman–Crippen MR) is 108 cm³/mol. The highest BCUT2D eigenvalue weighted by atomic mass is 16.5. The number of aromatic nitrogens is 4. The third-order valence-corrected chi connectivity index (χ3v) is 5.20. The van der Waals surface area contributed by atoms with E-state index in [1.807, 2.05) is 19.9 Å². The van der Waals surface area contributed by atoms with Crippen LogP contribution in [-0.2, 0) is 23.2 Å². The Morgan fingerprint density at radius 1 is 1.34 bits per heavy atom. The van der Waals surface area contributed by atoms with Crippen LogP contribution in [0.4, 0.5) is 5.82 Å². The van der Waals surface area contributed by atoms with Crippen LogP contribution in [0.15, 0.2) is 12.1 Å². The fourth-order valence-electron chi connectivity index (χ4n) is 3.93. The van der Waals surface area contributed by atoms with Crippen molar-refractivity contribution in [1.82, 2.24) is 25.3 Å². The number of nitrogens with one attached hydrogen (secondary N) is 3. The van der Waals surface area contributed by atoms with Crippen LogP contribution in [0.5, 0.6) is 0 Å². The minimum Gasteiger partial charge on any atom is -0.378 e. The lowest BCUT2D eigenvalue weighted by molar-refractivity contribution is -0.122. The molecule has 3 N–H and O–H groups in total. The Labute approximate surface area is 170 Å². The summed E-state index contributed by atoms with van der Waals surface area (Å²) in [6.45, 7) is 4.30.